The van der Waals surface area contributed by atoms with Gasteiger partial charge in [-0.15, -0.1) is 0 Å². The minimum atomic E-state index is -0.0890. The molecular weight excluding hydrogens is 312 g/mol. The van der Waals surface area contributed by atoms with E-state index in [-0.39, 0.29) is 17.7 Å². The van der Waals surface area contributed by atoms with Crippen LogP contribution in [0.15, 0.2) is 22.9 Å². The molecule has 6 nitrogen and oxygen atoms in total. The zero-order valence-electron chi connectivity index (χ0n) is 13.3. The van der Waals surface area contributed by atoms with Crippen molar-refractivity contribution in [3.05, 3.63) is 39.8 Å². The summed E-state index contributed by atoms with van der Waals surface area (Å²) in [4.78, 5) is 25.9. The summed E-state index contributed by atoms with van der Waals surface area (Å²) < 4.78 is 1.93. The first-order valence-corrected chi connectivity index (χ1v) is 8.63. The van der Waals surface area contributed by atoms with Crippen LogP contribution in [0.5, 0.6) is 0 Å². The van der Waals surface area contributed by atoms with Crippen molar-refractivity contribution in [1.29, 1.82) is 0 Å². The second kappa shape index (κ2) is 6.54. The molecule has 1 aliphatic heterocycles. The monoisotopic (exact) mass is 332 g/mol. The van der Waals surface area contributed by atoms with Gasteiger partial charge in [0.2, 0.25) is 5.91 Å². The zero-order valence-corrected chi connectivity index (χ0v) is 14.1. The van der Waals surface area contributed by atoms with Crippen LogP contribution in [0.25, 0.3) is 0 Å². The number of carbonyl (C=O) groups is 2. The fourth-order valence-corrected chi connectivity index (χ4v) is 3.27. The molecule has 1 N–H and O–H groups in total. The molecule has 0 aliphatic carbocycles. The highest BCUT2D eigenvalue weighted by Crippen LogP contribution is 2.16. The summed E-state index contributed by atoms with van der Waals surface area (Å²) in [6.45, 7) is 6.20. The van der Waals surface area contributed by atoms with Crippen LogP contribution in [0, 0.1) is 5.92 Å². The third-order valence-electron chi connectivity index (χ3n) is 3.87. The van der Waals surface area contributed by atoms with Crippen LogP contribution in [0.2, 0.25) is 0 Å². The number of hydrogen-bond donors (Lipinski definition) is 1. The van der Waals surface area contributed by atoms with E-state index in [0.29, 0.717) is 31.7 Å². The van der Waals surface area contributed by atoms with Gasteiger partial charge in [-0.25, -0.2) is 0 Å². The van der Waals surface area contributed by atoms with E-state index in [1.807, 2.05) is 40.3 Å². The molecule has 2 aromatic rings. The number of thiophene rings is 1. The lowest BCUT2D eigenvalue weighted by molar-refractivity contribution is -0.136. The van der Waals surface area contributed by atoms with Gasteiger partial charge in [-0.2, -0.15) is 16.4 Å². The van der Waals surface area contributed by atoms with Gasteiger partial charge in [-0.1, -0.05) is 13.8 Å². The third kappa shape index (κ3) is 3.44. The maximum Gasteiger partial charge on any atom is 0.252 e. The summed E-state index contributed by atoms with van der Waals surface area (Å²) >= 11 is 1.50. The molecule has 122 valence electrons. The Hall–Kier alpha value is -2.15. The maximum atomic E-state index is 12.1. The van der Waals surface area contributed by atoms with Crippen LogP contribution in [0.3, 0.4) is 0 Å². The topological polar surface area (TPSA) is 67.2 Å². The molecule has 0 saturated heterocycles. The first kappa shape index (κ1) is 15.7. The molecule has 3 rings (SSSR count). The van der Waals surface area contributed by atoms with Crippen LogP contribution >= 0.6 is 11.3 Å². The second-order valence-electron chi connectivity index (χ2n) is 5.96. The summed E-state index contributed by atoms with van der Waals surface area (Å²) in [5, 5.41) is 11.1. The average molecular weight is 332 g/mol. The molecule has 0 saturated carbocycles. The van der Waals surface area contributed by atoms with Crippen LogP contribution in [0.1, 0.15) is 35.6 Å². The van der Waals surface area contributed by atoms with Gasteiger partial charge in [0.15, 0.2) is 0 Å². The van der Waals surface area contributed by atoms with Crippen molar-refractivity contribution in [3.8, 4) is 0 Å². The van der Waals surface area contributed by atoms with Gasteiger partial charge >= 0.3 is 0 Å². The summed E-state index contributed by atoms with van der Waals surface area (Å²) in [7, 11) is 0. The highest BCUT2D eigenvalue weighted by molar-refractivity contribution is 7.08. The highest BCUT2D eigenvalue weighted by Gasteiger charge is 2.23. The molecule has 0 unspecified atom stereocenters. The highest BCUT2D eigenvalue weighted by atomic mass is 32.1. The minimum Gasteiger partial charge on any atom is -0.346 e. The van der Waals surface area contributed by atoms with Crippen molar-refractivity contribution in [2.75, 3.05) is 6.54 Å². The fraction of sp³-hybridized carbons (Fsp3) is 0.438. The SMILES string of the molecule is CC(C)C(=O)N1CCn2nc(CNC(=O)c3ccsc3)cc2C1. The molecule has 7 heteroatoms. The van der Waals surface area contributed by atoms with Crippen molar-refractivity contribution in [2.45, 2.75) is 33.5 Å². The van der Waals surface area contributed by atoms with Gasteiger partial charge < -0.3 is 10.2 Å². The lowest BCUT2D eigenvalue weighted by Gasteiger charge is -2.29. The Kier molecular flexibility index (Phi) is 4.47. The van der Waals surface area contributed by atoms with Crippen molar-refractivity contribution < 1.29 is 9.59 Å². The molecule has 2 aromatic heterocycles. The first-order valence-electron chi connectivity index (χ1n) is 7.69. The minimum absolute atomic E-state index is 0.00819. The summed E-state index contributed by atoms with van der Waals surface area (Å²) in [6, 6.07) is 3.77. The standard InChI is InChI=1S/C16H20N4O2S/c1-11(2)16(22)19-4-5-20-14(9-19)7-13(18-20)8-17-15(21)12-3-6-23-10-12/h3,6-7,10-11H,4-5,8-9H2,1-2H3,(H,17,21). The van der Waals surface area contributed by atoms with Gasteiger partial charge in [0, 0.05) is 23.4 Å². The van der Waals surface area contributed by atoms with Gasteiger partial charge in [0.1, 0.15) is 0 Å². The van der Waals surface area contributed by atoms with Crippen molar-refractivity contribution >= 4 is 23.2 Å². The van der Waals surface area contributed by atoms with E-state index in [1.165, 1.54) is 11.3 Å². The molecule has 2 amide bonds. The van der Waals surface area contributed by atoms with Crippen LogP contribution < -0.4 is 5.32 Å². The molecule has 0 fully saturated rings. The first-order chi connectivity index (χ1) is 11.0. The second-order valence-corrected chi connectivity index (χ2v) is 6.74. The number of rotatable bonds is 4. The average Bonchev–Trinajstić information content (AvgIpc) is 3.19. The Balaban J connectivity index is 1.62. The number of aromatic nitrogens is 2. The number of nitrogens with one attached hydrogen (secondary N) is 1. The van der Waals surface area contributed by atoms with E-state index in [2.05, 4.69) is 10.4 Å². The molecule has 0 bridgehead atoms. The number of fused-ring (bicyclic) bond motifs is 1. The number of nitrogens with zero attached hydrogens (tertiary/aromatic N) is 3. The van der Waals surface area contributed by atoms with Gasteiger partial charge in [-0.05, 0) is 17.5 Å². The Labute approximate surface area is 139 Å². The molecule has 0 radical (unpaired) electrons. The Bertz CT molecular complexity index is 706. The molecule has 1 aliphatic rings. The molecule has 0 atom stereocenters. The van der Waals surface area contributed by atoms with E-state index in [9.17, 15) is 9.59 Å². The maximum absolute atomic E-state index is 12.1. The van der Waals surface area contributed by atoms with Crippen molar-refractivity contribution in [1.82, 2.24) is 20.0 Å². The van der Waals surface area contributed by atoms with Crippen molar-refractivity contribution in [3.63, 3.8) is 0 Å². The van der Waals surface area contributed by atoms with Gasteiger partial charge in [-0.3, -0.25) is 14.3 Å². The number of hydrogen-bond acceptors (Lipinski definition) is 4. The van der Waals surface area contributed by atoms with Crippen LogP contribution in [0.4, 0.5) is 0 Å². The number of amides is 2. The van der Waals surface area contributed by atoms with Gasteiger partial charge in [0.25, 0.3) is 5.91 Å². The molecule has 0 spiro atoms. The molecule has 0 aromatic carbocycles. The zero-order chi connectivity index (χ0) is 16.4. The predicted molar refractivity (Wildman–Crippen MR) is 88.0 cm³/mol. The molecule has 23 heavy (non-hydrogen) atoms. The van der Waals surface area contributed by atoms with Crippen LogP contribution in [-0.4, -0.2) is 33.0 Å². The molecule has 3 heterocycles. The van der Waals surface area contributed by atoms with Gasteiger partial charge in [0.05, 0.1) is 31.0 Å². The summed E-state index contributed by atoms with van der Waals surface area (Å²) in [5.74, 6) is 0.0902. The Morgan fingerprint density at radius 1 is 1.39 bits per heavy atom. The Morgan fingerprint density at radius 2 is 2.22 bits per heavy atom. The lowest BCUT2D eigenvalue weighted by Crippen LogP contribution is -2.40. The van der Waals surface area contributed by atoms with E-state index < -0.39 is 0 Å². The van der Waals surface area contributed by atoms with E-state index >= 15 is 0 Å². The summed E-state index contributed by atoms with van der Waals surface area (Å²) in [6.07, 6.45) is 0. The summed E-state index contributed by atoms with van der Waals surface area (Å²) in [5.41, 5.74) is 2.51. The predicted octanol–water partition coefficient (Wildman–Crippen LogP) is 1.87. The normalized spacial score (nSPS) is 14.0. The van der Waals surface area contributed by atoms with E-state index in [1.54, 1.807) is 6.07 Å². The molecular formula is C16H20N4O2S. The van der Waals surface area contributed by atoms with E-state index in [0.717, 1.165) is 11.4 Å². The third-order valence-corrected chi connectivity index (χ3v) is 4.55. The lowest BCUT2D eigenvalue weighted by atomic mass is 10.1. The number of carbonyl (C=O) groups excluding carboxylic acids is 2. The van der Waals surface area contributed by atoms with Crippen molar-refractivity contribution in [2.24, 2.45) is 5.92 Å². The largest absolute Gasteiger partial charge is 0.346 e. The fourth-order valence-electron chi connectivity index (χ4n) is 2.63. The quantitative estimate of drug-likeness (QED) is 0.929. The smallest absolute Gasteiger partial charge is 0.252 e. The Morgan fingerprint density at radius 3 is 2.91 bits per heavy atom. The van der Waals surface area contributed by atoms with Crippen LogP contribution in [-0.2, 0) is 24.4 Å². The van der Waals surface area contributed by atoms with E-state index in [4.69, 9.17) is 0 Å².